The van der Waals surface area contributed by atoms with Crippen LogP contribution in [0.3, 0.4) is 0 Å². The van der Waals surface area contributed by atoms with Crippen LogP contribution in [0.15, 0.2) is 30.3 Å². The molecule has 22 heavy (non-hydrogen) atoms. The van der Waals surface area contributed by atoms with Gasteiger partial charge in [-0.2, -0.15) is 0 Å². The van der Waals surface area contributed by atoms with E-state index in [9.17, 15) is 13.6 Å². The van der Waals surface area contributed by atoms with Crippen molar-refractivity contribution in [3.05, 3.63) is 35.9 Å². The quantitative estimate of drug-likeness (QED) is 0.783. The molecule has 1 saturated heterocycles. The van der Waals surface area contributed by atoms with Gasteiger partial charge in [0.25, 0.3) is 11.8 Å². The molecule has 0 spiro atoms. The fourth-order valence-electron chi connectivity index (χ4n) is 2.64. The Labute approximate surface area is 129 Å². The van der Waals surface area contributed by atoms with E-state index in [2.05, 4.69) is 11.8 Å². The van der Waals surface area contributed by atoms with Crippen molar-refractivity contribution in [3.8, 4) is 11.8 Å². The SMILES string of the molecule is CC#CC(=O)N1CCCN(Cc2ccccc2)CC(F)(F)C1. The lowest BCUT2D eigenvalue weighted by molar-refractivity contribution is -0.134. The first kappa shape index (κ1) is 16.4. The van der Waals surface area contributed by atoms with Crippen molar-refractivity contribution in [3.63, 3.8) is 0 Å². The van der Waals surface area contributed by atoms with Crippen molar-refractivity contribution in [2.75, 3.05) is 26.2 Å². The average Bonchev–Trinajstić information content (AvgIpc) is 2.45. The van der Waals surface area contributed by atoms with Gasteiger partial charge in [-0.1, -0.05) is 36.3 Å². The Balaban J connectivity index is 2.02. The molecular weight excluding hydrogens is 286 g/mol. The van der Waals surface area contributed by atoms with Gasteiger partial charge in [0, 0.05) is 19.6 Å². The van der Waals surface area contributed by atoms with Crippen molar-refractivity contribution in [2.24, 2.45) is 0 Å². The topological polar surface area (TPSA) is 23.6 Å². The summed E-state index contributed by atoms with van der Waals surface area (Å²) in [5.41, 5.74) is 1.02. The van der Waals surface area contributed by atoms with Crippen LogP contribution < -0.4 is 0 Å². The maximum atomic E-state index is 14.2. The number of carbonyl (C=O) groups excluding carboxylic acids is 1. The Morgan fingerprint density at radius 2 is 1.95 bits per heavy atom. The smallest absolute Gasteiger partial charge is 0.298 e. The van der Waals surface area contributed by atoms with E-state index in [0.717, 1.165) is 10.5 Å². The molecule has 0 unspecified atom stereocenters. The number of alkyl halides is 2. The molecule has 0 radical (unpaired) electrons. The van der Waals surface area contributed by atoms with Crippen LogP contribution in [0.1, 0.15) is 18.9 Å². The monoisotopic (exact) mass is 306 g/mol. The van der Waals surface area contributed by atoms with E-state index < -0.39 is 18.4 Å². The standard InChI is InChI=1S/C17H20F2N2O/c1-2-7-16(22)21-11-6-10-20(13-17(18,19)14-21)12-15-8-4-3-5-9-15/h3-5,8-9H,6,10-14H2,1H3. The number of carbonyl (C=O) groups is 1. The minimum absolute atomic E-state index is 0.314. The molecule has 1 aliphatic rings. The molecule has 5 heteroatoms. The van der Waals surface area contributed by atoms with Gasteiger partial charge in [0.15, 0.2) is 0 Å². The Kier molecular flexibility index (Phi) is 5.51. The van der Waals surface area contributed by atoms with E-state index in [4.69, 9.17) is 0 Å². The Morgan fingerprint density at radius 1 is 1.23 bits per heavy atom. The van der Waals surface area contributed by atoms with Gasteiger partial charge < -0.3 is 4.90 Å². The summed E-state index contributed by atoms with van der Waals surface area (Å²) in [6.07, 6.45) is 0.667. The van der Waals surface area contributed by atoms with Crippen LogP contribution in [0.5, 0.6) is 0 Å². The highest BCUT2D eigenvalue weighted by Gasteiger charge is 2.36. The molecule has 3 nitrogen and oxygen atoms in total. The average molecular weight is 306 g/mol. The van der Waals surface area contributed by atoms with Crippen LogP contribution in [0.25, 0.3) is 0 Å². The fraction of sp³-hybridized carbons (Fsp3) is 0.471. The predicted octanol–water partition coefficient (Wildman–Crippen LogP) is 2.38. The maximum absolute atomic E-state index is 14.2. The number of nitrogens with zero attached hydrogens (tertiary/aromatic N) is 2. The third kappa shape index (κ3) is 4.81. The van der Waals surface area contributed by atoms with Crippen molar-refractivity contribution in [1.29, 1.82) is 0 Å². The number of benzene rings is 1. The molecule has 1 aliphatic heterocycles. The van der Waals surface area contributed by atoms with Gasteiger partial charge in [0.1, 0.15) is 0 Å². The summed E-state index contributed by atoms with van der Waals surface area (Å²) in [4.78, 5) is 14.6. The van der Waals surface area contributed by atoms with E-state index in [0.29, 0.717) is 26.1 Å². The first-order valence-electron chi connectivity index (χ1n) is 7.36. The molecular formula is C17H20F2N2O. The highest BCUT2D eigenvalue weighted by atomic mass is 19.3. The second-order valence-corrected chi connectivity index (χ2v) is 5.51. The number of amides is 1. The largest absolute Gasteiger partial charge is 0.326 e. The van der Waals surface area contributed by atoms with E-state index in [1.807, 2.05) is 30.3 Å². The highest BCUT2D eigenvalue weighted by Crippen LogP contribution is 2.21. The van der Waals surface area contributed by atoms with Crippen molar-refractivity contribution in [1.82, 2.24) is 9.80 Å². The van der Waals surface area contributed by atoms with E-state index >= 15 is 0 Å². The number of hydrogen-bond acceptors (Lipinski definition) is 2. The van der Waals surface area contributed by atoms with Crippen LogP contribution in [0.4, 0.5) is 8.78 Å². The van der Waals surface area contributed by atoms with Crippen molar-refractivity contribution in [2.45, 2.75) is 25.8 Å². The zero-order valence-electron chi connectivity index (χ0n) is 12.7. The van der Waals surface area contributed by atoms with E-state index in [1.165, 1.54) is 6.92 Å². The highest BCUT2D eigenvalue weighted by molar-refractivity contribution is 5.93. The lowest BCUT2D eigenvalue weighted by Gasteiger charge is -2.34. The normalized spacial score (nSPS) is 18.8. The Hall–Kier alpha value is -1.93. The zero-order valence-corrected chi connectivity index (χ0v) is 12.7. The summed E-state index contributed by atoms with van der Waals surface area (Å²) in [6.45, 7) is 1.97. The van der Waals surface area contributed by atoms with Crippen LogP contribution in [-0.2, 0) is 11.3 Å². The van der Waals surface area contributed by atoms with Gasteiger partial charge >= 0.3 is 0 Å². The molecule has 1 heterocycles. The second-order valence-electron chi connectivity index (χ2n) is 5.51. The van der Waals surface area contributed by atoms with Crippen LogP contribution in [0, 0.1) is 11.8 Å². The lowest BCUT2D eigenvalue weighted by atomic mass is 10.1. The maximum Gasteiger partial charge on any atom is 0.298 e. The molecule has 0 atom stereocenters. The van der Waals surface area contributed by atoms with Gasteiger partial charge in [0.05, 0.1) is 13.1 Å². The van der Waals surface area contributed by atoms with Gasteiger partial charge in [-0.25, -0.2) is 8.78 Å². The minimum atomic E-state index is -2.93. The fourth-order valence-corrected chi connectivity index (χ4v) is 2.64. The summed E-state index contributed by atoms with van der Waals surface area (Å²) in [5, 5.41) is 0. The summed E-state index contributed by atoms with van der Waals surface area (Å²) < 4.78 is 28.3. The molecule has 0 saturated carbocycles. The summed E-state index contributed by atoms with van der Waals surface area (Å²) >= 11 is 0. The second kappa shape index (κ2) is 7.37. The molecule has 0 N–H and O–H groups in total. The summed E-state index contributed by atoms with van der Waals surface area (Å²) in [7, 11) is 0. The molecule has 1 amide bonds. The lowest BCUT2D eigenvalue weighted by Crippen LogP contribution is -2.50. The van der Waals surface area contributed by atoms with E-state index in [1.54, 1.807) is 4.90 Å². The Morgan fingerprint density at radius 3 is 2.64 bits per heavy atom. The minimum Gasteiger partial charge on any atom is -0.326 e. The Bertz CT molecular complexity index is 563. The number of halogens is 2. The van der Waals surface area contributed by atoms with Crippen molar-refractivity contribution < 1.29 is 13.6 Å². The van der Waals surface area contributed by atoms with Gasteiger partial charge in [-0.05, 0) is 24.8 Å². The number of rotatable bonds is 2. The van der Waals surface area contributed by atoms with Crippen LogP contribution >= 0.6 is 0 Å². The first-order chi connectivity index (χ1) is 10.5. The molecule has 0 aromatic heterocycles. The van der Waals surface area contributed by atoms with E-state index in [-0.39, 0.29) is 6.54 Å². The molecule has 1 aromatic rings. The third-order valence-corrected chi connectivity index (χ3v) is 3.55. The zero-order chi connectivity index (χ0) is 16.0. The molecule has 118 valence electrons. The summed E-state index contributed by atoms with van der Waals surface area (Å²) in [6, 6.07) is 9.58. The molecule has 1 aromatic carbocycles. The van der Waals surface area contributed by atoms with Gasteiger partial charge in [-0.15, -0.1) is 0 Å². The predicted molar refractivity (Wildman–Crippen MR) is 81.3 cm³/mol. The molecule has 0 bridgehead atoms. The third-order valence-electron chi connectivity index (χ3n) is 3.55. The summed E-state index contributed by atoms with van der Waals surface area (Å²) in [5.74, 6) is 1.37. The van der Waals surface area contributed by atoms with Crippen molar-refractivity contribution >= 4 is 5.91 Å². The molecule has 2 rings (SSSR count). The van der Waals surface area contributed by atoms with Gasteiger partial charge in [-0.3, -0.25) is 9.69 Å². The van der Waals surface area contributed by atoms with Crippen LogP contribution in [0.2, 0.25) is 0 Å². The first-order valence-corrected chi connectivity index (χ1v) is 7.36. The molecule has 0 aliphatic carbocycles. The molecule has 1 fully saturated rings. The van der Waals surface area contributed by atoms with Gasteiger partial charge in [0.2, 0.25) is 0 Å². The van der Waals surface area contributed by atoms with Crippen LogP contribution in [-0.4, -0.2) is 47.8 Å². The number of hydrogen-bond donors (Lipinski definition) is 0.